The van der Waals surface area contributed by atoms with E-state index >= 15 is 0 Å². The van der Waals surface area contributed by atoms with E-state index in [1.807, 2.05) is 0 Å². The van der Waals surface area contributed by atoms with Crippen LogP contribution in [0.15, 0.2) is 0 Å². The maximum atomic E-state index is 9.99. The molecule has 13 heteroatoms. The van der Waals surface area contributed by atoms with E-state index in [1.165, 1.54) is 6.92 Å². The number of carboxylic acid groups (broad SMARTS) is 3. The molecule has 13 N–H and O–H groups in total. The molecule has 0 aromatic heterocycles. The van der Waals surface area contributed by atoms with Crippen LogP contribution in [0.5, 0.6) is 0 Å². The van der Waals surface area contributed by atoms with E-state index in [-0.39, 0.29) is 6.42 Å². The SMILES string of the molecule is CC(O)C(N)C(=O)O.NC(=O)CC(N)C(=O)O.NC(CO)C(=O)O. The normalized spacial score (nSPS) is 14.4. The summed E-state index contributed by atoms with van der Waals surface area (Å²) in [4.78, 5) is 39.4. The quantitative estimate of drug-likeness (QED) is 0.208. The molecule has 24 heavy (non-hydrogen) atoms. The highest BCUT2D eigenvalue weighted by molar-refractivity contribution is 5.83. The number of carboxylic acids is 3. The summed E-state index contributed by atoms with van der Waals surface area (Å²) in [6.45, 7) is 0.827. The molecule has 142 valence electrons. The monoisotopic (exact) mass is 356 g/mol. The van der Waals surface area contributed by atoms with Crippen LogP contribution in [-0.2, 0) is 19.2 Å². The number of hydrogen-bond acceptors (Lipinski definition) is 9. The Balaban J connectivity index is -0.000000278. The average Bonchev–Trinajstić information content (AvgIpc) is 2.45. The molecule has 0 fully saturated rings. The maximum absolute atomic E-state index is 9.99. The van der Waals surface area contributed by atoms with Crippen LogP contribution in [0.1, 0.15) is 13.3 Å². The highest BCUT2D eigenvalue weighted by atomic mass is 16.4. The van der Waals surface area contributed by atoms with E-state index in [0.717, 1.165) is 0 Å². The van der Waals surface area contributed by atoms with Crippen LogP contribution in [0.4, 0.5) is 0 Å². The molecule has 13 nitrogen and oxygen atoms in total. The topological polar surface area (TPSA) is 274 Å². The number of aliphatic carboxylic acids is 3. The highest BCUT2D eigenvalue weighted by Crippen LogP contribution is 1.86. The average molecular weight is 356 g/mol. The lowest BCUT2D eigenvalue weighted by molar-refractivity contribution is -0.141. The fourth-order valence-corrected chi connectivity index (χ4v) is 0.588. The van der Waals surface area contributed by atoms with Crippen LogP contribution in [0.25, 0.3) is 0 Å². The largest absolute Gasteiger partial charge is 0.480 e. The molecule has 0 bridgehead atoms. The van der Waals surface area contributed by atoms with Crippen LogP contribution in [0.2, 0.25) is 0 Å². The molecule has 0 heterocycles. The minimum atomic E-state index is -1.21. The molecule has 0 aliphatic rings. The number of carbonyl (C=O) groups excluding carboxylic acids is 1. The van der Waals surface area contributed by atoms with Crippen molar-refractivity contribution in [1.29, 1.82) is 0 Å². The summed E-state index contributed by atoms with van der Waals surface area (Å²) in [7, 11) is 0. The maximum Gasteiger partial charge on any atom is 0.323 e. The van der Waals surface area contributed by atoms with Gasteiger partial charge in [0.05, 0.1) is 19.1 Å². The predicted molar refractivity (Wildman–Crippen MR) is 79.4 cm³/mol. The minimum absolute atomic E-state index is 0.310. The summed E-state index contributed by atoms with van der Waals surface area (Å²) in [5.74, 6) is -4.28. The van der Waals surface area contributed by atoms with Gasteiger partial charge in [-0.2, -0.15) is 0 Å². The lowest BCUT2D eigenvalue weighted by Crippen LogP contribution is -2.39. The Hall–Kier alpha value is -2.32. The van der Waals surface area contributed by atoms with Crippen molar-refractivity contribution in [1.82, 2.24) is 0 Å². The van der Waals surface area contributed by atoms with Crippen LogP contribution in [0, 0.1) is 0 Å². The van der Waals surface area contributed by atoms with Crippen molar-refractivity contribution in [2.45, 2.75) is 37.6 Å². The van der Waals surface area contributed by atoms with Gasteiger partial charge in [-0.05, 0) is 6.92 Å². The number of hydrogen-bond donors (Lipinski definition) is 9. The van der Waals surface area contributed by atoms with Gasteiger partial charge in [0.1, 0.15) is 18.1 Å². The molecule has 0 aliphatic carbocycles. The molecule has 0 aliphatic heterocycles. The molecule has 0 radical (unpaired) electrons. The van der Waals surface area contributed by atoms with Crippen molar-refractivity contribution >= 4 is 23.8 Å². The Morgan fingerprint density at radius 2 is 1.25 bits per heavy atom. The van der Waals surface area contributed by atoms with E-state index in [4.69, 9.17) is 42.7 Å². The fourth-order valence-electron chi connectivity index (χ4n) is 0.588. The van der Waals surface area contributed by atoms with Gasteiger partial charge in [0.15, 0.2) is 0 Å². The second-order valence-electron chi connectivity index (χ2n) is 4.35. The zero-order chi connectivity index (χ0) is 20.0. The Kier molecular flexibility index (Phi) is 15.8. The van der Waals surface area contributed by atoms with Crippen LogP contribution in [0.3, 0.4) is 0 Å². The Morgan fingerprint density at radius 1 is 0.875 bits per heavy atom. The first-order chi connectivity index (χ1) is 10.8. The first-order valence-electron chi connectivity index (χ1n) is 6.30. The lowest BCUT2D eigenvalue weighted by Gasteiger charge is -2.06. The van der Waals surface area contributed by atoms with Crippen LogP contribution in [-0.4, -0.2) is 80.2 Å². The number of aliphatic hydroxyl groups excluding tert-OH is 2. The van der Waals surface area contributed by atoms with Gasteiger partial charge in [-0.3, -0.25) is 19.2 Å². The van der Waals surface area contributed by atoms with Crippen molar-refractivity contribution < 1.29 is 44.7 Å². The van der Waals surface area contributed by atoms with Gasteiger partial charge >= 0.3 is 17.9 Å². The van der Waals surface area contributed by atoms with Crippen molar-refractivity contribution in [2.75, 3.05) is 6.61 Å². The summed E-state index contributed by atoms with van der Waals surface area (Å²) in [5.41, 5.74) is 19.2. The molecule has 4 unspecified atom stereocenters. The second-order valence-corrected chi connectivity index (χ2v) is 4.35. The van der Waals surface area contributed by atoms with Gasteiger partial charge in [-0.25, -0.2) is 0 Å². The van der Waals surface area contributed by atoms with Crippen molar-refractivity contribution in [3.8, 4) is 0 Å². The lowest BCUT2D eigenvalue weighted by atomic mass is 10.2. The molecular weight excluding hydrogens is 332 g/mol. The third kappa shape index (κ3) is 17.7. The summed E-state index contributed by atoms with van der Waals surface area (Å²) < 4.78 is 0. The number of rotatable bonds is 7. The predicted octanol–water partition coefficient (Wildman–Crippen LogP) is -4.56. The summed E-state index contributed by atoms with van der Waals surface area (Å²) in [6, 6.07) is -3.45. The Morgan fingerprint density at radius 3 is 1.29 bits per heavy atom. The summed E-state index contributed by atoms with van der Waals surface area (Å²) in [5, 5.41) is 40.5. The van der Waals surface area contributed by atoms with E-state index < -0.39 is 54.7 Å². The molecule has 0 rings (SSSR count). The van der Waals surface area contributed by atoms with E-state index in [1.54, 1.807) is 0 Å². The second kappa shape index (κ2) is 14.3. The fraction of sp³-hybridized carbons (Fsp3) is 0.636. The third-order valence-electron chi connectivity index (χ3n) is 2.06. The number of primary amides is 1. The molecule has 0 saturated heterocycles. The number of amides is 1. The van der Waals surface area contributed by atoms with E-state index in [9.17, 15) is 19.2 Å². The molecule has 0 saturated carbocycles. The van der Waals surface area contributed by atoms with Crippen molar-refractivity contribution in [2.24, 2.45) is 22.9 Å². The van der Waals surface area contributed by atoms with Crippen LogP contribution >= 0.6 is 0 Å². The summed E-state index contributed by atoms with van der Waals surface area (Å²) in [6.07, 6.45) is -1.29. The molecule has 0 aromatic carbocycles. The van der Waals surface area contributed by atoms with E-state index in [0.29, 0.717) is 0 Å². The summed E-state index contributed by atoms with van der Waals surface area (Å²) >= 11 is 0. The number of nitrogens with two attached hydrogens (primary N) is 4. The van der Waals surface area contributed by atoms with Gasteiger partial charge in [0.25, 0.3) is 0 Å². The van der Waals surface area contributed by atoms with Gasteiger partial charge < -0.3 is 48.5 Å². The van der Waals surface area contributed by atoms with Gasteiger partial charge in [0.2, 0.25) is 5.91 Å². The van der Waals surface area contributed by atoms with Crippen LogP contribution < -0.4 is 22.9 Å². The Labute approximate surface area is 136 Å². The molecule has 4 atom stereocenters. The number of aliphatic hydroxyl groups is 2. The van der Waals surface area contributed by atoms with Gasteiger partial charge in [-0.15, -0.1) is 0 Å². The zero-order valence-electron chi connectivity index (χ0n) is 12.9. The minimum Gasteiger partial charge on any atom is -0.480 e. The third-order valence-corrected chi connectivity index (χ3v) is 2.06. The molecule has 0 spiro atoms. The highest BCUT2D eigenvalue weighted by Gasteiger charge is 2.16. The standard InChI is InChI=1S/C4H8N2O3.C4H9NO3.C3H7NO3/c5-2(4(8)9)1-3(6)7;1-2(6)3(5)4(7)8;4-2(1-5)3(6)7/h2H,1,5H2,(H2,6,7)(H,8,9);2-3,6H,5H2,1H3,(H,7,8);2,5H,1,4H2,(H,6,7). The smallest absolute Gasteiger partial charge is 0.323 e. The first-order valence-corrected chi connectivity index (χ1v) is 6.30. The number of carbonyl (C=O) groups is 4. The molecular formula is C11H24N4O9. The molecule has 0 aromatic rings. The Bertz CT molecular complexity index is 416. The van der Waals surface area contributed by atoms with Gasteiger partial charge in [0, 0.05) is 0 Å². The first kappa shape index (κ1) is 26.6. The van der Waals surface area contributed by atoms with Crippen molar-refractivity contribution in [3.63, 3.8) is 0 Å². The molecule has 1 amide bonds. The van der Waals surface area contributed by atoms with Crippen molar-refractivity contribution in [3.05, 3.63) is 0 Å². The van der Waals surface area contributed by atoms with E-state index in [2.05, 4.69) is 5.73 Å². The zero-order valence-corrected chi connectivity index (χ0v) is 12.9. The van der Waals surface area contributed by atoms with Gasteiger partial charge in [-0.1, -0.05) is 0 Å².